The molecule has 1 aromatic carbocycles. The van der Waals surface area contributed by atoms with E-state index in [1.165, 1.54) is 0 Å². The van der Waals surface area contributed by atoms with Gasteiger partial charge in [0.25, 0.3) is 0 Å². The number of ether oxygens (including phenoxy) is 1. The molecule has 0 spiro atoms. The predicted octanol–water partition coefficient (Wildman–Crippen LogP) is 0.962. The van der Waals surface area contributed by atoms with Gasteiger partial charge < -0.3 is 16.2 Å². The zero-order valence-corrected chi connectivity index (χ0v) is 8.08. The maximum atomic E-state index is 5.84. The Morgan fingerprint density at radius 3 is 2.69 bits per heavy atom. The van der Waals surface area contributed by atoms with E-state index in [1.807, 2.05) is 25.1 Å². The van der Waals surface area contributed by atoms with Crippen LogP contribution in [0, 0.1) is 6.92 Å². The number of rotatable bonds is 3. The summed E-state index contributed by atoms with van der Waals surface area (Å²) >= 11 is 0. The van der Waals surface area contributed by atoms with Crippen molar-refractivity contribution in [2.24, 2.45) is 11.5 Å². The molecule has 0 radical (unpaired) electrons. The number of hydrogen-bond acceptors (Lipinski definition) is 3. The second-order valence-corrected chi connectivity index (χ2v) is 3.06. The maximum absolute atomic E-state index is 5.84. The predicted molar refractivity (Wildman–Crippen MR) is 53.7 cm³/mol. The number of nitrogens with two attached hydrogens (primary N) is 2. The van der Waals surface area contributed by atoms with Crippen LogP contribution < -0.4 is 16.2 Å². The summed E-state index contributed by atoms with van der Waals surface area (Å²) in [6.07, 6.45) is 0. The van der Waals surface area contributed by atoms with Crippen molar-refractivity contribution in [3.05, 3.63) is 29.3 Å². The molecule has 0 saturated heterocycles. The first kappa shape index (κ1) is 10.0. The summed E-state index contributed by atoms with van der Waals surface area (Å²) in [5.41, 5.74) is 13.5. The average Bonchev–Trinajstić information content (AvgIpc) is 2.17. The van der Waals surface area contributed by atoms with Crippen LogP contribution in [0.25, 0.3) is 0 Å². The molecule has 0 amide bonds. The Balaban J connectivity index is 3.03. The Hall–Kier alpha value is -1.06. The first-order valence-electron chi connectivity index (χ1n) is 4.29. The minimum Gasteiger partial charge on any atom is -0.497 e. The van der Waals surface area contributed by atoms with E-state index in [2.05, 4.69) is 0 Å². The quantitative estimate of drug-likeness (QED) is 0.728. The molecule has 0 unspecified atom stereocenters. The van der Waals surface area contributed by atoms with Gasteiger partial charge in [0.2, 0.25) is 0 Å². The van der Waals surface area contributed by atoms with Gasteiger partial charge in [-0.3, -0.25) is 0 Å². The molecule has 0 aromatic heterocycles. The van der Waals surface area contributed by atoms with Crippen molar-refractivity contribution in [1.29, 1.82) is 0 Å². The third-order valence-electron chi connectivity index (χ3n) is 2.14. The first-order chi connectivity index (χ1) is 6.19. The van der Waals surface area contributed by atoms with E-state index in [9.17, 15) is 0 Å². The molecule has 0 fully saturated rings. The van der Waals surface area contributed by atoms with Gasteiger partial charge in [0.15, 0.2) is 0 Å². The highest BCUT2D eigenvalue weighted by atomic mass is 16.5. The highest BCUT2D eigenvalue weighted by molar-refractivity contribution is 5.36. The fraction of sp³-hybridized carbons (Fsp3) is 0.400. The molecule has 0 saturated carbocycles. The lowest BCUT2D eigenvalue weighted by Gasteiger charge is -2.13. The molecule has 3 nitrogen and oxygen atoms in total. The lowest BCUT2D eigenvalue weighted by Crippen LogP contribution is -2.21. The van der Waals surface area contributed by atoms with Gasteiger partial charge in [0, 0.05) is 12.6 Å². The Morgan fingerprint density at radius 2 is 2.15 bits per heavy atom. The molecule has 0 heterocycles. The highest BCUT2D eigenvalue weighted by Crippen LogP contribution is 2.21. The van der Waals surface area contributed by atoms with E-state index < -0.39 is 0 Å². The number of aryl methyl sites for hydroxylation is 1. The standard InChI is InChI=1S/C10H16N2O/c1-7-3-4-8(13-2)5-9(7)10(12)6-11/h3-5,10H,6,11-12H2,1-2H3/t10-/m0/s1. The van der Waals surface area contributed by atoms with Crippen LogP contribution in [0.4, 0.5) is 0 Å². The number of hydrogen-bond donors (Lipinski definition) is 2. The second kappa shape index (κ2) is 4.25. The third-order valence-corrected chi connectivity index (χ3v) is 2.14. The van der Waals surface area contributed by atoms with Gasteiger partial charge in [-0.05, 0) is 30.2 Å². The van der Waals surface area contributed by atoms with Crippen molar-refractivity contribution in [2.45, 2.75) is 13.0 Å². The van der Waals surface area contributed by atoms with E-state index >= 15 is 0 Å². The first-order valence-corrected chi connectivity index (χ1v) is 4.29. The van der Waals surface area contributed by atoms with Crippen LogP contribution in [0.15, 0.2) is 18.2 Å². The zero-order valence-electron chi connectivity index (χ0n) is 8.08. The molecule has 0 aliphatic rings. The minimum absolute atomic E-state index is 0.102. The van der Waals surface area contributed by atoms with E-state index in [0.29, 0.717) is 6.54 Å². The molecular weight excluding hydrogens is 164 g/mol. The summed E-state index contributed by atoms with van der Waals surface area (Å²) in [6.45, 7) is 2.47. The van der Waals surface area contributed by atoms with Crippen LogP contribution in [0.3, 0.4) is 0 Å². The van der Waals surface area contributed by atoms with Crippen LogP contribution in [-0.2, 0) is 0 Å². The van der Waals surface area contributed by atoms with E-state index in [4.69, 9.17) is 16.2 Å². The SMILES string of the molecule is COc1ccc(C)c([C@@H](N)CN)c1. The van der Waals surface area contributed by atoms with Crippen molar-refractivity contribution >= 4 is 0 Å². The zero-order chi connectivity index (χ0) is 9.84. The highest BCUT2D eigenvalue weighted by Gasteiger charge is 2.07. The normalized spacial score (nSPS) is 12.6. The van der Waals surface area contributed by atoms with Crippen molar-refractivity contribution in [3.63, 3.8) is 0 Å². The number of benzene rings is 1. The van der Waals surface area contributed by atoms with Gasteiger partial charge in [0.05, 0.1) is 7.11 Å². The van der Waals surface area contributed by atoms with Gasteiger partial charge >= 0.3 is 0 Å². The van der Waals surface area contributed by atoms with Crippen molar-refractivity contribution in [2.75, 3.05) is 13.7 Å². The lowest BCUT2D eigenvalue weighted by atomic mass is 10.0. The minimum atomic E-state index is -0.102. The summed E-state index contributed by atoms with van der Waals surface area (Å²) in [6, 6.07) is 5.74. The Labute approximate surface area is 78.7 Å². The molecule has 0 aliphatic carbocycles. The van der Waals surface area contributed by atoms with Crippen molar-refractivity contribution < 1.29 is 4.74 Å². The summed E-state index contributed by atoms with van der Waals surface area (Å²) < 4.78 is 5.11. The molecule has 1 aromatic rings. The van der Waals surface area contributed by atoms with Crippen LogP contribution in [-0.4, -0.2) is 13.7 Å². The lowest BCUT2D eigenvalue weighted by molar-refractivity contribution is 0.413. The molecular formula is C10H16N2O. The average molecular weight is 180 g/mol. The largest absolute Gasteiger partial charge is 0.497 e. The molecule has 0 aliphatic heterocycles. The van der Waals surface area contributed by atoms with Gasteiger partial charge in [-0.15, -0.1) is 0 Å². The van der Waals surface area contributed by atoms with Crippen LogP contribution >= 0.6 is 0 Å². The fourth-order valence-corrected chi connectivity index (χ4v) is 1.27. The molecule has 13 heavy (non-hydrogen) atoms. The van der Waals surface area contributed by atoms with E-state index in [0.717, 1.165) is 16.9 Å². The van der Waals surface area contributed by atoms with Crippen LogP contribution in [0.2, 0.25) is 0 Å². The second-order valence-electron chi connectivity index (χ2n) is 3.06. The van der Waals surface area contributed by atoms with Gasteiger partial charge in [-0.25, -0.2) is 0 Å². The summed E-state index contributed by atoms with van der Waals surface area (Å²) in [5.74, 6) is 0.824. The molecule has 3 heteroatoms. The van der Waals surface area contributed by atoms with Crippen molar-refractivity contribution in [3.8, 4) is 5.75 Å². The fourth-order valence-electron chi connectivity index (χ4n) is 1.27. The summed E-state index contributed by atoms with van der Waals surface area (Å²) in [4.78, 5) is 0. The topological polar surface area (TPSA) is 61.3 Å². The molecule has 4 N–H and O–H groups in total. The summed E-state index contributed by atoms with van der Waals surface area (Å²) in [7, 11) is 1.64. The van der Waals surface area contributed by atoms with Gasteiger partial charge in [-0.2, -0.15) is 0 Å². The van der Waals surface area contributed by atoms with E-state index in [1.54, 1.807) is 7.11 Å². The van der Waals surface area contributed by atoms with Gasteiger partial charge in [0.1, 0.15) is 5.75 Å². The molecule has 72 valence electrons. The third kappa shape index (κ3) is 2.20. The van der Waals surface area contributed by atoms with Crippen molar-refractivity contribution in [1.82, 2.24) is 0 Å². The van der Waals surface area contributed by atoms with Crippen LogP contribution in [0.1, 0.15) is 17.2 Å². The van der Waals surface area contributed by atoms with E-state index in [-0.39, 0.29) is 6.04 Å². The van der Waals surface area contributed by atoms with Crippen LogP contribution in [0.5, 0.6) is 5.75 Å². The number of methoxy groups -OCH3 is 1. The monoisotopic (exact) mass is 180 g/mol. The molecule has 1 atom stereocenters. The Bertz CT molecular complexity index is 286. The Kier molecular flexibility index (Phi) is 3.28. The molecule has 0 bridgehead atoms. The summed E-state index contributed by atoms with van der Waals surface area (Å²) in [5, 5.41) is 0. The smallest absolute Gasteiger partial charge is 0.119 e. The maximum Gasteiger partial charge on any atom is 0.119 e. The molecule has 1 rings (SSSR count). The van der Waals surface area contributed by atoms with Gasteiger partial charge in [-0.1, -0.05) is 6.07 Å². The Morgan fingerprint density at radius 1 is 1.46 bits per heavy atom.